The van der Waals surface area contributed by atoms with Crippen molar-refractivity contribution >= 4 is 11.6 Å². The van der Waals surface area contributed by atoms with E-state index in [1.165, 1.54) is 25.7 Å². The Labute approximate surface area is 115 Å². The van der Waals surface area contributed by atoms with Gasteiger partial charge >= 0.3 is 0 Å². The van der Waals surface area contributed by atoms with Crippen molar-refractivity contribution in [3.05, 3.63) is 24.0 Å². The van der Waals surface area contributed by atoms with Crippen molar-refractivity contribution < 1.29 is 4.79 Å². The van der Waals surface area contributed by atoms with E-state index < -0.39 is 0 Å². The standard InChI is InChI=1S/C15H23N3O/c1-2-17-14-11-16-10-9-13(14)15(19)18-12-7-5-3-4-6-8-12/h9-12,17H,2-8H2,1H3,(H,18,19). The number of pyridine rings is 1. The molecule has 19 heavy (non-hydrogen) atoms. The molecule has 4 nitrogen and oxygen atoms in total. The van der Waals surface area contributed by atoms with Gasteiger partial charge in [-0.3, -0.25) is 9.78 Å². The van der Waals surface area contributed by atoms with Crippen LogP contribution in [0.2, 0.25) is 0 Å². The number of hydrogen-bond donors (Lipinski definition) is 2. The van der Waals surface area contributed by atoms with Crippen molar-refractivity contribution in [3.63, 3.8) is 0 Å². The van der Waals surface area contributed by atoms with Gasteiger partial charge in [-0.05, 0) is 25.8 Å². The van der Waals surface area contributed by atoms with E-state index in [2.05, 4.69) is 15.6 Å². The number of amides is 1. The lowest BCUT2D eigenvalue weighted by atomic mass is 10.1. The van der Waals surface area contributed by atoms with Gasteiger partial charge in [0.15, 0.2) is 0 Å². The lowest BCUT2D eigenvalue weighted by Crippen LogP contribution is -2.34. The fourth-order valence-electron chi connectivity index (χ4n) is 2.61. The maximum absolute atomic E-state index is 12.3. The lowest BCUT2D eigenvalue weighted by molar-refractivity contribution is 0.0934. The van der Waals surface area contributed by atoms with E-state index in [1.807, 2.05) is 6.92 Å². The second-order valence-corrected chi connectivity index (χ2v) is 5.11. The van der Waals surface area contributed by atoms with Gasteiger partial charge in [-0.25, -0.2) is 0 Å². The quantitative estimate of drug-likeness (QED) is 0.819. The molecule has 0 saturated heterocycles. The summed E-state index contributed by atoms with van der Waals surface area (Å²) in [5, 5.41) is 6.35. The third-order valence-corrected chi connectivity index (χ3v) is 3.62. The monoisotopic (exact) mass is 261 g/mol. The smallest absolute Gasteiger partial charge is 0.253 e. The summed E-state index contributed by atoms with van der Waals surface area (Å²) < 4.78 is 0. The molecule has 0 atom stereocenters. The van der Waals surface area contributed by atoms with Gasteiger partial charge < -0.3 is 10.6 Å². The number of anilines is 1. The highest BCUT2D eigenvalue weighted by Gasteiger charge is 2.17. The number of nitrogens with one attached hydrogen (secondary N) is 2. The molecule has 0 aromatic carbocycles. The summed E-state index contributed by atoms with van der Waals surface area (Å²) in [5.74, 6) is 0.0188. The topological polar surface area (TPSA) is 54.0 Å². The number of rotatable bonds is 4. The molecule has 0 bridgehead atoms. The largest absolute Gasteiger partial charge is 0.383 e. The predicted molar refractivity (Wildman–Crippen MR) is 77.4 cm³/mol. The van der Waals surface area contributed by atoms with Crippen molar-refractivity contribution in [1.82, 2.24) is 10.3 Å². The summed E-state index contributed by atoms with van der Waals surface area (Å²) >= 11 is 0. The summed E-state index contributed by atoms with van der Waals surface area (Å²) in [7, 11) is 0. The molecule has 4 heteroatoms. The molecule has 1 fully saturated rings. The van der Waals surface area contributed by atoms with Crippen LogP contribution in [0, 0.1) is 0 Å². The van der Waals surface area contributed by atoms with E-state index in [4.69, 9.17) is 0 Å². The van der Waals surface area contributed by atoms with Gasteiger partial charge in [0, 0.05) is 18.8 Å². The summed E-state index contributed by atoms with van der Waals surface area (Å²) in [6.07, 6.45) is 10.6. The van der Waals surface area contributed by atoms with Crippen LogP contribution >= 0.6 is 0 Å². The van der Waals surface area contributed by atoms with Gasteiger partial charge in [0.25, 0.3) is 5.91 Å². The van der Waals surface area contributed by atoms with Crippen LogP contribution in [0.1, 0.15) is 55.8 Å². The zero-order valence-electron chi connectivity index (χ0n) is 11.6. The van der Waals surface area contributed by atoms with Gasteiger partial charge in [-0.2, -0.15) is 0 Å². The average molecular weight is 261 g/mol. The van der Waals surface area contributed by atoms with Crippen molar-refractivity contribution in [1.29, 1.82) is 0 Å². The Hall–Kier alpha value is -1.58. The fraction of sp³-hybridized carbons (Fsp3) is 0.600. The van der Waals surface area contributed by atoms with E-state index in [0.717, 1.165) is 25.1 Å². The van der Waals surface area contributed by atoms with Crippen LogP contribution in [0.15, 0.2) is 18.5 Å². The van der Waals surface area contributed by atoms with Gasteiger partial charge in [0.2, 0.25) is 0 Å². The van der Waals surface area contributed by atoms with E-state index in [1.54, 1.807) is 18.5 Å². The summed E-state index contributed by atoms with van der Waals surface area (Å²) in [4.78, 5) is 16.4. The molecule has 1 heterocycles. The number of carbonyl (C=O) groups excluding carboxylic acids is 1. The van der Waals surface area contributed by atoms with E-state index in [0.29, 0.717) is 11.6 Å². The van der Waals surface area contributed by atoms with Crippen LogP contribution in [0.25, 0.3) is 0 Å². The number of aromatic nitrogens is 1. The first-order valence-corrected chi connectivity index (χ1v) is 7.30. The van der Waals surface area contributed by atoms with Crippen LogP contribution < -0.4 is 10.6 Å². The molecule has 104 valence electrons. The third-order valence-electron chi connectivity index (χ3n) is 3.62. The molecule has 1 aliphatic rings. The summed E-state index contributed by atoms with van der Waals surface area (Å²) in [6, 6.07) is 2.11. The zero-order valence-corrected chi connectivity index (χ0v) is 11.6. The van der Waals surface area contributed by atoms with Crippen molar-refractivity contribution in [3.8, 4) is 0 Å². The fourth-order valence-corrected chi connectivity index (χ4v) is 2.61. The van der Waals surface area contributed by atoms with Gasteiger partial charge in [0.1, 0.15) is 0 Å². The Morgan fingerprint density at radius 2 is 2.05 bits per heavy atom. The summed E-state index contributed by atoms with van der Waals surface area (Å²) in [5.41, 5.74) is 1.51. The Balaban J connectivity index is 2.02. The third kappa shape index (κ3) is 3.94. The molecular weight excluding hydrogens is 238 g/mol. The highest BCUT2D eigenvalue weighted by atomic mass is 16.1. The summed E-state index contributed by atoms with van der Waals surface area (Å²) in [6.45, 7) is 2.80. The first kappa shape index (κ1) is 13.8. The molecule has 0 unspecified atom stereocenters. The highest BCUT2D eigenvalue weighted by molar-refractivity contribution is 5.99. The Bertz CT molecular complexity index is 412. The second kappa shape index (κ2) is 7.12. The Kier molecular flexibility index (Phi) is 5.19. The van der Waals surface area contributed by atoms with Crippen LogP contribution in [0.5, 0.6) is 0 Å². The molecule has 1 aromatic rings. The molecule has 1 amide bonds. The maximum atomic E-state index is 12.3. The van der Waals surface area contributed by atoms with E-state index in [9.17, 15) is 4.79 Å². The van der Waals surface area contributed by atoms with Crippen molar-refractivity contribution in [2.75, 3.05) is 11.9 Å². The van der Waals surface area contributed by atoms with Gasteiger partial charge in [0.05, 0.1) is 17.4 Å². The first-order chi connectivity index (χ1) is 9.31. The van der Waals surface area contributed by atoms with Crippen molar-refractivity contribution in [2.45, 2.75) is 51.5 Å². The average Bonchev–Trinajstić information content (AvgIpc) is 2.68. The normalized spacial score (nSPS) is 16.7. The van der Waals surface area contributed by atoms with E-state index in [-0.39, 0.29) is 5.91 Å². The zero-order chi connectivity index (χ0) is 13.5. The minimum atomic E-state index is 0.0188. The molecule has 0 spiro atoms. The first-order valence-electron chi connectivity index (χ1n) is 7.30. The minimum Gasteiger partial charge on any atom is -0.383 e. The molecule has 0 aliphatic heterocycles. The molecule has 2 N–H and O–H groups in total. The van der Waals surface area contributed by atoms with E-state index >= 15 is 0 Å². The highest BCUT2D eigenvalue weighted by Crippen LogP contribution is 2.19. The molecule has 2 rings (SSSR count). The number of carbonyl (C=O) groups is 1. The number of hydrogen-bond acceptors (Lipinski definition) is 3. The SMILES string of the molecule is CCNc1cnccc1C(=O)NC1CCCCCC1. The predicted octanol–water partition coefficient (Wildman–Crippen LogP) is 2.97. The van der Waals surface area contributed by atoms with Crippen LogP contribution in [0.4, 0.5) is 5.69 Å². The number of nitrogens with zero attached hydrogens (tertiary/aromatic N) is 1. The van der Waals surface area contributed by atoms with Gasteiger partial charge in [-0.1, -0.05) is 25.7 Å². The van der Waals surface area contributed by atoms with Crippen LogP contribution in [-0.2, 0) is 0 Å². The van der Waals surface area contributed by atoms with Gasteiger partial charge in [-0.15, -0.1) is 0 Å². The Morgan fingerprint density at radius 3 is 2.74 bits per heavy atom. The second-order valence-electron chi connectivity index (χ2n) is 5.11. The lowest BCUT2D eigenvalue weighted by Gasteiger charge is -2.17. The molecule has 0 radical (unpaired) electrons. The van der Waals surface area contributed by atoms with Crippen LogP contribution in [-0.4, -0.2) is 23.5 Å². The molecule has 1 aromatic heterocycles. The molecular formula is C15H23N3O. The molecule has 1 saturated carbocycles. The maximum Gasteiger partial charge on any atom is 0.253 e. The Morgan fingerprint density at radius 1 is 1.32 bits per heavy atom. The minimum absolute atomic E-state index is 0.0188. The molecule has 1 aliphatic carbocycles. The van der Waals surface area contributed by atoms with Crippen molar-refractivity contribution in [2.24, 2.45) is 0 Å². The van der Waals surface area contributed by atoms with Crippen LogP contribution in [0.3, 0.4) is 0 Å².